The van der Waals surface area contributed by atoms with E-state index in [0.29, 0.717) is 12.4 Å². The standard InChI is InChI=1S/C19H20F2N2O6S/c1-2-28-14-4-6-15(7-5-14)30(26,27)22-10-9-19(25)29-12-18(24)23-17-11-13(20)3-8-16(17)21/h3-8,11,22H,2,9-10,12H2,1H3,(H,23,24). The van der Waals surface area contributed by atoms with E-state index >= 15 is 0 Å². The maximum atomic E-state index is 13.4. The molecule has 2 aromatic carbocycles. The van der Waals surface area contributed by atoms with Crippen molar-refractivity contribution in [3.05, 3.63) is 54.1 Å². The number of nitrogens with one attached hydrogen (secondary N) is 2. The second kappa shape index (κ2) is 10.6. The van der Waals surface area contributed by atoms with E-state index in [0.717, 1.165) is 18.2 Å². The third kappa shape index (κ3) is 7.08. The molecule has 8 nitrogen and oxygen atoms in total. The normalized spacial score (nSPS) is 11.0. The SMILES string of the molecule is CCOc1ccc(S(=O)(=O)NCCC(=O)OCC(=O)Nc2cc(F)ccc2F)cc1. The first-order chi connectivity index (χ1) is 14.2. The molecule has 0 saturated carbocycles. The number of rotatable bonds is 10. The van der Waals surface area contributed by atoms with E-state index < -0.39 is 40.1 Å². The number of amides is 1. The summed E-state index contributed by atoms with van der Waals surface area (Å²) in [5.41, 5.74) is -0.390. The van der Waals surface area contributed by atoms with Crippen molar-refractivity contribution in [2.45, 2.75) is 18.2 Å². The van der Waals surface area contributed by atoms with Crippen molar-refractivity contribution in [1.82, 2.24) is 4.72 Å². The van der Waals surface area contributed by atoms with Gasteiger partial charge in [0.05, 0.1) is 23.6 Å². The zero-order valence-electron chi connectivity index (χ0n) is 16.0. The molecule has 2 rings (SSSR count). The number of hydrogen-bond acceptors (Lipinski definition) is 6. The van der Waals surface area contributed by atoms with Gasteiger partial charge in [-0.15, -0.1) is 0 Å². The highest BCUT2D eigenvalue weighted by molar-refractivity contribution is 7.89. The molecular formula is C19H20F2N2O6S. The van der Waals surface area contributed by atoms with Gasteiger partial charge in [0.2, 0.25) is 10.0 Å². The summed E-state index contributed by atoms with van der Waals surface area (Å²) in [6, 6.07) is 8.25. The molecule has 0 heterocycles. The van der Waals surface area contributed by atoms with Crippen LogP contribution in [0.4, 0.5) is 14.5 Å². The Labute approximate surface area is 172 Å². The number of carbonyl (C=O) groups excluding carboxylic acids is 2. The molecule has 11 heteroatoms. The number of carbonyl (C=O) groups is 2. The summed E-state index contributed by atoms with van der Waals surface area (Å²) < 4.78 is 63.0. The minimum atomic E-state index is -3.84. The van der Waals surface area contributed by atoms with Crippen LogP contribution in [0.25, 0.3) is 0 Å². The number of ether oxygens (including phenoxy) is 2. The van der Waals surface area contributed by atoms with Crippen LogP contribution in [-0.2, 0) is 24.3 Å². The summed E-state index contributed by atoms with van der Waals surface area (Å²) in [4.78, 5) is 23.3. The molecule has 0 radical (unpaired) electrons. The molecule has 0 atom stereocenters. The predicted molar refractivity (Wildman–Crippen MR) is 103 cm³/mol. The maximum Gasteiger partial charge on any atom is 0.307 e. The largest absolute Gasteiger partial charge is 0.494 e. The highest BCUT2D eigenvalue weighted by Crippen LogP contribution is 2.16. The van der Waals surface area contributed by atoms with Crippen LogP contribution in [0.3, 0.4) is 0 Å². The first kappa shape index (κ1) is 23.2. The van der Waals surface area contributed by atoms with E-state index in [1.54, 1.807) is 6.92 Å². The lowest BCUT2D eigenvalue weighted by atomic mass is 10.3. The zero-order valence-corrected chi connectivity index (χ0v) is 16.8. The van der Waals surface area contributed by atoms with E-state index in [1.165, 1.54) is 24.3 Å². The van der Waals surface area contributed by atoms with Gasteiger partial charge in [-0.25, -0.2) is 21.9 Å². The molecule has 0 aliphatic carbocycles. The second-order valence-electron chi connectivity index (χ2n) is 5.89. The minimum Gasteiger partial charge on any atom is -0.494 e. The Kier molecular flexibility index (Phi) is 8.25. The molecule has 0 unspecified atom stereocenters. The summed E-state index contributed by atoms with van der Waals surface area (Å²) >= 11 is 0. The quantitative estimate of drug-likeness (QED) is 0.546. The van der Waals surface area contributed by atoms with Gasteiger partial charge in [0, 0.05) is 12.6 Å². The first-order valence-electron chi connectivity index (χ1n) is 8.84. The predicted octanol–water partition coefficient (Wildman–Crippen LogP) is 2.21. The number of esters is 1. The number of halogens is 2. The van der Waals surface area contributed by atoms with Crippen LogP contribution in [0.2, 0.25) is 0 Å². The van der Waals surface area contributed by atoms with Gasteiger partial charge >= 0.3 is 5.97 Å². The van der Waals surface area contributed by atoms with Crippen molar-refractivity contribution in [3.63, 3.8) is 0 Å². The van der Waals surface area contributed by atoms with Crippen molar-refractivity contribution < 1.29 is 36.3 Å². The van der Waals surface area contributed by atoms with E-state index in [-0.39, 0.29) is 23.5 Å². The molecule has 0 bridgehead atoms. The van der Waals surface area contributed by atoms with Gasteiger partial charge in [0.1, 0.15) is 17.4 Å². The Morgan fingerprint density at radius 2 is 1.77 bits per heavy atom. The average Bonchev–Trinajstić information content (AvgIpc) is 2.70. The molecule has 0 aliphatic rings. The monoisotopic (exact) mass is 442 g/mol. The molecule has 0 saturated heterocycles. The van der Waals surface area contributed by atoms with Gasteiger partial charge in [0.15, 0.2) is 6.61 Å². The summed E-state index contributed by atoms with van der Waals surface area (Å²) in [5.74, 6) is -2.79. The van der Waals surface area contributed by atoms with Crippen LogP contribution < -0.4 is 14.8 Å². The maximum absolute atomic E-state index is 13.4. The van der Waals surface area contributed by atoms with Crippen molar-refractivity contribution in [2.75, 3.05) is 25.1 Å². The van der Waals surface area contributed by atoms with Crippen LogP contribution in [0.15, 0.2) is 47.4 Å². The number of hydrogen-bond donors (Lipinski definition) is 2. The van der Waals surface area contributed by atoms with Gasteiger partial charge < -0.3 is 14.8 Å². The first-order valence-corrected chi connectivity index (χ1v) is 10.3. The Morgan fingerprint density at radius 3 is 2.43 bits per heavy atom. The van der Waals surface area contributed by atoms with E-state index in [2.05, 4.69) is 10.0 Å². The molecule has 2 N–H and O–H groups in total. The average molecular weight is 442 g/mol. The van der Waals surface area contributed by atoms with Crippen LogP contribution in [0, 0.1) is 11.6 Å². The Morgan fingerprint density at radius 1 is 1.07 bits per heavy atom. The van der Waals surface area contributed by atoms with Crippen molar-refractivity contribution >= 4 is 27.6 Å². The fourth-order valence-electron chi connectivity index (χ4n) is 2.25. The minimum absolute atomic E-state index is 0.00387. The van der Waals surface area contributed by atoms with E-state index in [9.17, 15) is 26.8 Å². The molecule has 162 valence electrons. The molecule has 1 amide bonds. The lowest BCUT2D eigenvalue weighted by molar-refractivity contribution is -0.147. The summed E-state index contributed by atoms with van der Waals surface area (Å²) in [6.45, 7) is 1.26. The van der Waals surface area contributed by atoms with Crippen molar-refractivity contribution in [1.29, 1.82) is 0 Å². The van der Waals surface area contributed by atoms with E-state index in [4.69, 9.17) is 9.47 Å². The summed E-state index contributed by atoms with van der Waals surface area (Å²) in [7, 11) is -3.84. The fraction of sp³-hybridized carbons (Fsp3) is 0.263. The van der Waals surface area contributed by atoms with Crippen LogP contribution in [0.5, 0.6) is 5.75 Å². The van der Waals surface area contributed by atoms with Crippen LogP contribution >= 0.6 is 0 Å². The van der Waals surface area contributed by atoms with Gasteiger partial charge in [-0.2, -0.15) is 0 Å². The highest BCUT2D eigenvalue weighted by atomic mass is 32.2. The molecular weight excluding hydrogens is 422 g/mol. The lowest BCUT2D eigenvalue weighted by Gasteiger charge is -2.09. The molecule has 0 spiro atoms. The molecule has 30 heavy (non-hydrogen) atoms. The van der Waals surface area contributed by atoms with E-state index in [1.807, 2.05) is 0 Å². The molecule has 0 aliphatic heterocycles. The fourth-order valence-corrected chi connectivity index (χ4v) is 3.28. The highest BCUT2D eigenvalue weighted by Gasteiger charge is 2.15. The summed E-state index contributed by atoms with van der Waals surface area (Å²) in [5, 5.41) is 2.07. The van der Waals surface area contributed by atoms with Crippen molar-refractivity contribution in [3.8, 4) is 5.75 Å². The van der Waals surface area contributed by atoms with Crippen LogP contribution in [-0.4, -0.2) is 40.1 Å². The third-order valence-corrected chi connectivity index (χ3v) is 5.11. The molecule has 0 fully saturated rings. The number of benzene rings is 2. The van der Waals surface area contributed by atoms with Gasteiger partial charge in [-0.05, 0) is 43.3 Å². The summed E-state index contributed by atoms with van der Waals surface area (Å²) in [6.07, 6.45) is -0.335. The zero-order chi connectivity index (χ0) is 22.1. The molecule has 0 aromatic heterocycles. The topological polar surface area (TPSA) is 111 Å². The smallest absolute Gasteiger partial charge is 0.307 e. The number of anilines is 1. The molecule has 2 aromatic rings. The van der Waals surface area contributed by atoms with Gasteiger partial charge in [-0.3, -0.25) is 9.59 Å². The number of sulfonamides is 1. The Bertz CT molecular complexity index is 997. The van der Waals surface area contributed by atoms with Gasteiger partial charge in [0.25, 0.3) is 5.91 Å². The van der Waals surface area contributed by atoms with Crippen LogP contribution in [0.1, 0.15) is 13.3 Å². The Hall–Kier alpha value is -3.05. The second-order valence-corrected chi connectivity index (χ2v) is 7.65. The Balaban J connectivity index is 1.76. The lowest BCUT2D eigenvalue weighted by Crippen LogP contribution is -2.28. The van der Waals surface area contributed by atoms with Crippen molar-refractivity contribution in [2.24, 2.45) is 0 Å². The van der Waals surface area contributed by atoms with Gasteiger partial charge in [-0.1, -0.05) is 0 Å². The third-order valence-electron chi connectivity index (χ3n) is 3.63.